The zero-order valence-corrected chi connectivity index (χ0v) is 18.2. The summed E-state index contributed by atoms with van der Waals surface area (Å²) < 4.78 is 5.41. The number of piperazine rings is 1. The number of hydrogen-bond donors (Lipinski definition) is 1. The van der Waals surface area contributed by atoms with Gasteiger partial charge in [-0.15, -0.1) is 0 Å². The van der Waals surface area contributed by atoms with Crippen molar-refractivity contribution in [2.24, 2.45) is 0 Å². The van der Waals surface area contributed by atoms with E-state index in [9.17, 15) is 9.59 Å². The first kappa shape index (κ1) is 21.7. The van der Waals surface area contributed by atoms with Gasteiger partial charge in [0.1, 0.15) is 0 Å². The molecule has 2 aromatic carbocycles. The van der Waals surface area contributed by atoms with Gasteiger partial charge < -0.3 is 14.7 Å². The highest BCUT2D eigenvalue weighted by molar-refractivity contribution is 5.94. The monoisotopic (exact) mass is 433 g/mol. The first-order chi connectivity index (χ1) is 15.6. The Bertz CT molecular complexity index is 1040. The van der Waals surface area contributed by atoms with Crippen LogP contribution in [0.1, 0.15) is 28.2 Å². The lowest BCUT2D eigenvalue weighted by atomic mass is 10.1. The summed E-state index contributed by atoms with van der Waals surface area (Å²) in [6, 6.07) is 17.0. The molecule has 0 saturated carbocycles. The molecule has 32 heavy (non-hydrogen) atoms. The molecular formula is C24H27N5O3. The predicted octanol–water partition coefficient (Wildman–Crippen LogP) is 2.51. The normalized spacial score (nSPS) is 14.3. The molecule has 0 radical (unpaired) electrons. The third-order valence-corrected chi connectivity index (χ3v) is 5.52. The second-order valence-electron chi connectivity index (χ2n) is 7.91. The Balaban J connectivity index is 1.19. The molecule has 3 aromatic rings. The maximum Gasteiger partial charge on any atom is 0.251 e. The Morgan fingerprint density at radius 1 is 1.00 bits per heavy atom. The number of benzene rings is 2. The van der Waals surface area contributed by atoms with Gasteiger partial charge in [-0.25, -0.2) is 0 Å². The fraction of sp³-hybridized carbons (Fsp3) is 0.333. The van der Waals surface area contributed by atoms with Crippen LogP contribution in [0.15, 0.2) is 59.1 Å². The number of aromatic nitrogens is 2. The van der Waals surface area contributed by atoms with Gasteiger partial charge in [-0.05, 0) is 19.1 Å². The maximum absolute atomic E-state index is 12.5. The molecule has 1 aromatic heterocycles. The smallest absolute Gasteiger partial charge is 0.251 e. The summed E-state index contributed by atoms with van der Waals surface area (Å²) in [4.78, 5) is 33.1. The van der Waals surface area contributed by atoms with Crippen molar-refractivity contribution >= 4 is 11.8 Å². The van der Waals surface area contributed by atoms with Crippen molar-refractivity contribution in [1.82, 2.24) is 25.3 Å². The summed E-state index contributed by atoms with van der Waals surface area (Å²) >= 11 is 0. The van der Waals surface area contributed by atoms with E-state index < -0.39 is 0 Å². The minimum atomic E-state index is -0.159. The molecule has 8 nitrogen and oxygen atoms in total. The summed E-state index contributed by atoms with van der Waals surface area (Å²) in [5.41, 5.74) is 2.71. The van der Waals surface area contributed by atoms with E-state index >= 15 is 0 Å². The first-order valence-corrected chi connectivity index (χ1v) is 10.8. The van der Waals surface area contributed by atoms with Gasteiger partial charge in [-0.3, -0.25) is 14.5 Å². The summed E-state index contributed by atoms with van der Waals surface area (Å²) in [7, 11) is 0. The van der Waals surface area contributed by atoms with Crippen molar-refractivity contribution in [3.8, 4) is 11.4 Å². The molecule has 1 fully saturated rings. The molecule has 2 amide bonds. The van der Waals surface area contributed by atoms with Crippen LogP contribution in [0.5, 0.6) is 0 Å². The molecule has 1 saturated heterocycles. The third kappa shape index (κ3) is 5.59. The molecular weight excluding hydrogens is 406 g/mol. The molecule has 0 spiro atoms. The van der Waals surface area contributed by atoms with Crippen LogP contribution in [0.25, 0.3) is 11.4 Å². The van der Waals surface area contributed by atoms with Gasteiger partial charge in [0.2, 0.25) is 17.6 Å². The molecule has 166 valence electrons. The maximum atomic E-state index is 12.5. The van der Waals surface area contributed by atoms with Gasteiger partial charge in [0.05, 0.1) is 6.54 Å². The van der Waals surface area contributed by atoms with Crippen molar-refractivity contribution in [1.29, 1.82) is 0 Å². The molecule has 0 unspecified atom stereocenters. The Hall–Kier alpha value is -3.52. The van der Waals surface area contributed by atoms with Crippen LogP contribution in [0.2, 0.25) is 0 Å². The lowest BCUT2D eigenvalue weighted by Gasteiger charge is -2.34. The molecule has 0 aliphatic carbocycles. The van der Waals surface area contributed by atoms with E-state index in [1.807, 2.05) is 54.3 Å². The van der Waals surface area contributed by atoms with Crippen molar-refractivity contribution in [2.75, 3.05) is 32.7 Å². The predicted molar refractivity (Wildman–Crippen MR) is 120 cm³/mol. The van der Waals surface area contributed by atoms with Crippen LogP contribution in [0.4, 0.5) is 0 Å². The minimum Gasteiger partial charge on any atom is -0.352 e. The van der Waals surface area contributed by atoms with Gasteiger partial charge in [-0.2, -0.15) is 4.98 Å². The van der Waals surface area contributed by atoms with Crippen LogP contribution in [0.3, 0.4) is 0 Å². The highest BCUT2D eigenvalue weighted by atomic mass is 16.5. The zero-order chi connectivity index (χ0) is 22.3. The van der Waals surface area contributed by atoms with E-state index in [4.69, 9.17) is 4.52 Å². The van der Waals surface area contributed by atoms with E-state index in [1.54, 1.807) is 12.1 Å². The lowest BCUT2D eigenvalue weighted by Crippen LogP contribution is -2.48. The second-order valence-corrected chi connectivity index (χ2v) is 7.91. The molecule has 1 N–H and O–H groups in total. The number of carbonyl (C=O) groups excluding carboxylic acids is 2. The number of hydrogen-bond acceptors (Lipinski definition) is 6. The van der Waals surface area contributed by atoms with Crippen LogP contribution in [-0.2, 0) is 11.3 Å². The highest BCUT2D eigenvalue weighted by Gasteiger charge is 2.22. The number of aryl methyl sites for hydroxylation is 1. The van der Waals surface area contributed by atoms with Gasteiger partial charge in [0.15, 0.2) is 0 Å². The minimum absolute atomic E-state index is 0.0532. The van der Waals surface area contributed by atoms with Crippen molar-refractivity contribution < 1.29 is 14.1 Å². The topological polar surface area (TPSA) is 91.6 Å². The molecule has 2 heterocycles. The molecule has 0 bridgehead atoms. The third-order valence-electron chi connectivity index (χ3n) is 5.52. The molecule has 8 heteroatoms. The average molecular weight is 434 g/mol. The number of rotatable bonds is 7. The van der Waals surface area contributed by atoms with E-state index in [0.29, 0.717) is 49.9 Å². The number of amides is 2. The summed E-state index contributed by atoms with van der Waals surface area (Å²) in [5, 5.41) is 6.89. The van der Waals surface area contributed by atoms with Crippen molar-refractivity contribution in [3.63, 3.8) is 0 Å². The molecule has 1 aliphatic rings. The second kappa shape index (κ2) is 10.2. The number of carbonyl (C=O) groups is 2. The van der Waals surface area contributed by atoms with E-state index in [2.05, 4.69) is 20.4 Å². The molecule has 4 rings (SSSR count). The van der Waals surface area contributed by atoms with Crippen LogP contribution >= 0.6 is 0 Å². The Kier molecular flexibility index (Phi) is 6.91. The molecule has 0 atom stereocenters. The highest BCUT2D eigenvalue weighted by Crippen LogP contribution is 2.17. The molecule has 1 aliphatic heterocycles. The van der Waals surface area contributed by atoms with Crippen molar-refractivity contribution in [3.05, 3.63) is 71.6 Å². The largest absolute Gasteiger partial charge is 0.352 e. The first-order valence-electron chi connectivity index (χ1n) is 10.8. The van der Waals surface area contributed by atoms with E-state index in [-0.39, 0.29) is 11.8 Å². The van der Waals surface area contributed by atoms with E-state index in [0.717, 1.165) is 18.7 Å². The van der Waals surface area contributed by atoms with Crippen LogP contribution < -0.4 is 5.32 Å². The van der Waals surface area contributed by atoms with Gasteiger partial charge >= 0.3 is 0 Å². The van der Waals surface area contributed by atoms with Crippen LogP contribution in [0, 0.1) is 6.92 Å². The quantitative estimate of drug-likeness (QED) is 0.616. The summed E-state index contributed by atoms with van der Waals surface area (Å²) in [6.45, 7) is 5.70. The average Bonchev–Trinajstić information content (AvgIpc) is 3.29. The standard InChI is InChI=1S/C24H27N5O3/c1-18-7-9-19(10-8-18)23-26-21(32-27-23)17-28-13-15-29(16-14-28)22(30)11-12-25-24(31)20-5-3-2-4-6-20/h2-10H,11-17H2,1H3,(H,25,31). The van der Waals surface area contributed by atoms with Crippen molar-refractivity contribution in [2.45, 2.75) is 19.9 Å². The Morgan fingerprint density at radius 2 is 1.72 bits per heavy atom. The van der Waals surface area contributed by atoms with Crippen LogP contribution in [-0.4, -0.2) is 64.5 Å². The fourth-order valence-electron chi connectivity index (χ4n) is 3.62. The number of nitrogens with one attached hydrogen (secondary N) is 1. The SMILES string of the molecule is Cc1ccc(-c2noc(CN3CCN(C(=O)CCNC(=O)c4ccccc4)CC3)n2)cc1. The number of nitrogens with zero attached hydrogens (tertiary/aromatic N) is 4. The van der Waals surface area contributed by atoms with E-state index in [1.165, 1.54) is 5.56 Å². The Labute approximate surface area is 187 Å². The Morgan fingerprint density at radius 3 is 2.44 bits per heavy atom. The van der Waals surface area contributed by atoms with Gasteiger partial charge in [-0.1, -0.05) is 53.2 Å². The summed E-state index contributed by atoms with van der Waals surface area (Å²) in [5.74, 6) is 1.06. The van der Waals surface area contributed by atoms with Gasteiger partial charge in [0.25, 0.3) is 5.91 Å². The zero-order valence-electron chi connectivity index (χ0n) is 18.2. The summed E-state index contributed by atoms with van der Waals surface area (Å²) in [6.07, 6.45) is 0.294. The van der Waals surface area contributed by atoms with Gasteiger partial charge in [0, 0.05) is 50.3 Å². The lowest BCUT2D eigenvalue weighted by molar-refractivity contribution is -0.132. The fourth-order valence-corrected chi connectivity index (χ4v) is 3.62.